The van der Waals surface area contributed by atoms with Gasteiger partial charge >= 0.3 is 0 Å². The normalized spacial score (nSPS) is 13.0. The van der Waals surface area contributed by atoms with E-state index in [-0.39, 0.29) is 4.90 Å². The minimum Gasteiger partial charge on any atom is -0.486 e. The van der Waals surface area contributed by atoms with Crippen LogP contribution < -0.4 is 19.2 Å². The second kappa shape index (κ2) is 10.4. The fraction of sp³-hybridized carbons (Fsp3) is 0.200. The number of hydrazone groups is 1. The molecule has 8 nitrogen and oxygen atoms in total. The molecule has 1 heterocycles. The van der Waals surface area contributed by atoms with Crippen molar-refractivity contribution in [2.24, 2.45) is 5.10 Å². The van der Waals surface area contributed by atoms with Gasteiger partial charge in [-0.05, 0) is 55.8 Å². The molecule has 0 aromatic heterocycles. The SMILES string of the molecule is Cc1ccc(S(=O)(=O)N(CC(=O)N/N=C\c2cccc3c2OCCO3)c2cc(Cl)ccc2C)cc1. The van der Waals surface area contributed by atoms with Gasteiger partial charge in [-0.2, -0.15) is 5.10 Å². The third-order valence-corrected chi connectivity index (χ3v) is 7.33. The Morgan fingerprint density at radius 3 is 2.60 bits per heavy atom. The van der Waals surface area contributed by atoms with Gasteiger partial charge in [-0.25, -0.2) is 13.8 Å². The Labute approximate surface area is 209 Å². The van der Waals surface area contributed by atoms with Gasteiger partial charge in [0.1, 0.15) is 19.8 Å². The van der Waals surface area contributed by atoms with E-state index >= 15 is 0 Å². The Morgan fingerprint density at radius 2 is 1.83 bits per heavy atom. The van der Waals surface area contributed by atoms with E-state index < -0.39 is 22.5 Å². The summed E-state index contributed by atoms with van der Waals surface area (Å²) in [6, 6.07) is 16.6. The standard InChI is InChI=1S/C25H24ClN3O5S/c1-17-6-10-21(11-7-17)35(31,32)29(22-14-20(26)9-8-18(22)2)16-24(30)28-27-15-19-4-3-5-23-25(19)34-13-12-33-23/h3-11,14-15H,12-13,16H2,1-2H3,(H,28,30)/b27-15-. The first-order valence-electron chi connectivity index (χ1n) is 10.8. The molecule has 1 amide bonds. The van der Waals surface area contributed by atoms with E-state index in [9.17, 15) is 13.2 Å². The lowest BCUT2D eigenvalue weighted by Crippen LogP contribution is -2.40. The summed E-state index contributed by atoms with van der Waals surface area (Å²) in [5, 5.41) is 4.35. The van der Waals surface area contributed by atoms with Gasteiger partial charge in [-0.3, -0.25) is 9.10 Å². The van der Waals surface area contributed by atoms with E-state index in [1.165, 1.54) is 24.4 Å². The van der Waals surface area contributed by atoms with Crippen molar-refractivity contribution in [2.45, 2.75) is 18.7 Å². The van der Waals surface area contributed by atoms with Crippen molar-refractivity contribution in [3.05, 3.63) is 82.4 Å². The number of halogens is 1. The van der Waals surface area contributed by atoms with Gasteiger partial charge in [0.05, 0.1) is 16.8 Å². The van der Waals surface area contributed by atoms with Crippen molar-refractivity contribution in [3.8, 4) is 11.5 Å². The molecule has 0 saturated heterocycles. The molecule has 3 aromatic carbocycles. The van der Waals surface area contributed by atoms with Crippen LogP contribution in [0.5, 0.6) is 11.5 Å². The van der Waals surface area contributed by atoms with E-state index in [0.717, 1.165) is 9.87 Å². The van der Waals surface area contributed by atoms with Gasteiger partial charge in [-0.1, -0.05) is 41.4 Å². The Kier molecular flexibility index (Phi) is 7.28. The van der Waals surface area contributed by atoms with Crippen molar-refractivity contribution >= 4 is 39.4 Å². The van der Waals surface area contributed by atoms with Crippen LogP contribution >= 0.6 is 11.6 Å². The number of nitrogens with one attached hydrogen (secondary N) is 1. The summed E-state index contributed by atoms with van der Waals surface area (Å²) < 4.78 is 39.3. The van der Waals surface area contributed by atoms with Crippen molar-refractivity contribution < 1.29 is 22.7 Å². The van der Waals surface area contributed by atoms with Crippen molar-refractivity contribution in [3.63, 3.8) is 0 Å². The highest BCUT2D eigenvalue weighted by Gasteiger charge is 2.28. The van der Waals surface area contributed by atoms with Gasteiger partial charge < -0.3 is 9.47 Å². The average Bonchev–Trinajstić information content (AvgIpc) is 2.84. The van der Waals surface area contributed by atoms with Crippen LogP contribution in [0.4, 0.5) is 5.69 Å². The number of hydrogen-bond donors (Lipinski definition) is 1. The number of anilines is 1. The van der Waals surface area contributed by atoms with Crippen LogP contribution in [-0.2, 0) is 14.8 Å². The third kappa shape index (κ3) is 5.58. The fourth-order valence-electron chi connectivity index (χ4n) is 3.53. The Hall–Kier alpha value is -3.56. The molecular formula is C25H24ClN3O5S. The van der Waals surface area contributed by atoms with E-state index in [1.807, 2.05) is 6.92 Å². The molecule has 10 heteroatoms. The van der Waals surface area contributed by atoms with Crippen molar-refractivity contribution in [1.82, 2.24) is 5.43 Å². The summed E-state index contributed by atoms with van der Waals surface area (Å²) in [6.45, 7) is 3.98. The fourth-order valence-corrected chi connectivity index (χ4v) is 5.17. The van der Waals surface area contributed by atoms with Crippen LogP contribution in [0.25, 0.3) is 0 Å². The summed E-state index contributed by atoms with van der Waals surface area (Å²) >= 11 is 6.16. The summed E-state index contributed by atoms with van der Waals surface area (Å²) in [4.78, 5) is 12.9. The smallest absolute Gasteiger partial charge is 0.264 e. The molecule has 1 aliphatic heterocycles. The Balaban J connectivity index is 1.59. The predicted octanol–water partition coefficient (Wildman–Crippen LogP) is 4.07. The molecule has 0 saturated carbocycles. The molecule has 0 fully saturated rings. The number of para-hydroxylation sites is 1. The molecule has 0 radical (unpaired) electrons. The van der Waals surface area contributed by atoms with Gasteiger partial charge in [0.15, 0.2) is 11.5 Å². The number of fused-ring (bicyclic) bond motifs is 1. The largest absolute Gasteiger partial charge is 0.486 e. The maximum absolute atomic E-state index is 13.5. The third-order valence-electron chi connectivity index (χ3n) is 5.33. The zero-order chi connectivity index (χ0) is 25.0. The molecule has 0 atom stereocenters. The molecule has 0 unspecified atom stereocenters. The van der Waals surface area contributed by atoms with Crippen molar-refractivity contribution in [2.75, 3.05) is 24.1 Å². The first-order chi connectivity index (χ1) is 16.8. The zero-order valence-electron chi connectivity index (χ0n) is 19.2. The van der Waals surface area contributed by atoms with E-state index in [0.29, 0.717) is 46.5 Å². The lowest BCUT2D eigenvalue weighted by molar-refractivity contribution is -0.119. The topological polar surface area (TPSA) is 97.3 Å². The van der Waals surface area contributed by atoms with E-state index in [2.05, 4.69) is 10.5 Å². The van der Waals surface area contributed by atoms with Crippen molar-refractivity contribution in [1.29, 1.82) is 0 Å². The second-order valence-corrected chi connectivity index (χ2v) is 10.2. The number of hydrogen-bond acceptors (Lipinski definition) is 6. The minimum absolute atomic E-state index is 0.0619. The maximum Gasteiger partial charge on any atom is 0.264 e. The summed E-state index contributed by atoms with van der Waals surface area (Å²) in [5.41, 5.74) is 4.89. The number of rotatable bonds is 7. The van der Waals surface area contributed by atoms with Crippen LogP contribution in [0, 0.1) is 13.8 Å². The quantitative estimate of drug-likeness (QED) is 0.379. The second-order valence-electron chi connectivity index (χ2n) is 7.92. The molecule has 1 aliphatic rings. The number of sulfonamides is 1. The van der Waals surface area contributed by atoms with E-state index in [1.54, 1.807) is 49.4 Å². The number of carbonyl (C=O) groups is 1. The molecular weight excluding hydrogens is 490 g/mol. The number of carbonyl (C=O) groups excluding carboxylic acids is 1. The molecule has 35 heavy (non-hydrogen) atoms. The monoisotopic (exact) mass is 513 g/mol. The maximum atomic E-state index is 13.5. The molecule has 182 valence electrons. The number of nitrogens with zero attached hydrogens (tertiary/aromatic N) is 2. The van der Waals surface area contributed by atoms with Crippen LogP contribution in [0.1, 0.15) is 16.7 Å². The van der Waals surface area contributed by atoms with Crippen LogP contribution in [0.15, 0.2) is 70.7 Å². The van der Waals surface area contributed by atoms with Crippen LogP contribution in [0.2, 0.25) is 5.02 Å². The number of benzene rings is 3. The van der Waals surface area contributed by atoms with Gasteiger partial charge in [0.2, 0.25) is 0 Å². The van der Waals surface area contributed by atoms with E-state index in [4.69, 9.17) is 21.1 Å². The highest BCUT2D eigenvalue weighted by molar-refractivity contribution is 7.92. The number of aryl methyl sites for hydroxylation is 2. The van der Waals surface area contributed by atoms with Gasteiger partial charge in [0.25, 0.3) is 15.9 Å². The Bertz CT molecular complexity index is 1370. The van der Waals surface area contributed by atoms with Crippen LogP contribution in [0.3, 0.4) is 0 Å². The highest BCUT2D eigenvalue weighted by Crippen LogP contribution is 2.32. The summed E-state index contributed by atoms with van der Waals surface area (Å²) in [5.74, 6) is 0.506. The zero-order valence-corrected chi connectivity index (χ0v) is 20.8. The average molecular weight is 514 g/mol. The molecule has 0 bridgehead atoms. The van der Waals surface area contributed by atoms with Crippen LogP contribution in [-0.4, -0.2) is 40.3 Å². The lowest BCUT2D eigenvalue weighted by Gasteiger charge is -2.25. The number of amides is 1. The molecule has 0 aliphatic carbocycles. The highest BCUT2D eigenvalue weighted by atomic mass is 35.5. The summed E-state index contributed by atoms with van der Waals surface area (Å²) in [7, 11) is -4.07. The molecule has 0 spiro atoms. The summed E-state index contributed by atoms with van der Waals surface area (Å²) in [6.07, 6.45) is 1.43. The molecule has 4 rings (SSSR count). The number of ether oxygens (including phenoxy) is 2. The Morgan fingerprint density at radius 1 is 1.09 bits per heavy atom. The van der Waals surface area contributed by atoms with Gasteiger partial charge in [-0.15, -0.1) is 0 Å². The predicted molar refractivity (Wildman–Crippen MR) is 135 cm³/mol. The minimum atomic E-state index is -4.07. The molecule has 1 N–H and O–H groups in total. The first kappa shape index (κ1) is 24.6. The molecule has 3 aromatic rings. The first-order valence-corrected chi connectivity index (χ1v) is 12.6. The van der Waals surface area contributed by atoms with Gasteiger partial charge in [0, 0.05) is 10.6 Å². The lowest BCUT2D eigenvalue weighted by atomic mass is 10.2.